The molecule has 2 nitrogen and oxygen atoms in total. The van der Waals surface area contributed by atoms with Crippen LogP contribution in [0.3, 0.4) is 0 Å². The van der Waals surface area contributed by atoms with Gasteiger partial charge in [0.2, 0.25) is 5.91 Å². The molecule has 0 aromatic heterocycles. The fraction of sp³-hybridized carbons (Fsp3) is 0.174. The summed E-state index contributed by atoms with van der Waals surface area (Å²) in [6, 6.07) is 20.8. The van der Waals surface area contributed by atoms with Gasteiger partial charge in [0.05, 0.1) is 12.2 Å². The number of aryl methyl sites for hydroxylation is 1. The van der Waals surface area contributed by atoms with E-state index in [9.17, 15) is 4.79 Å². The van der Waals surface area contributed by atoms with Crippen LogP contribution in [0, 0.1) is 6.92 Å². The van der Waals surface area contributed by atoms with E-state index in [0.717, 1.165) is 34.0 Å². The molecule has 0 spiro atoms. The lowest BCUT2D eigenvalue weighted by molar-refractivity contribution is -0.116. The fourth-order valence-electron chi connectivity index (χ4n) is 3.16. The van der Waals surface area contributed by atoms with Gasteiger partial charge >= 0.3 is 0 Å². The first-order chi connectivity index (χ1) is 12.1. The van der Waals surface area contributed by atoms with E-state index in [1.165, 1.54) is 5.56 Å². The highest BCUT2D eigenvalue weighted by atomic mass is 16.2. The van der Waals surface area contributed by atoms with Gasteiger partial charge in [0.1, 0.15) is 0 Å². The van der Waals surface area contributed by atoms with Gasteiger partial charge in [-0.25, -0.2) is 0 Å². The maximum Gasteiger partial charge on any atom is 0.224 e. The minimum atomic E-state index is 0.0437. The van der Waals surface area contributed by atoms with E-state index >= 15 is 0 Å². The van der Waals surface area contributed by atoms with E-state index in [0.29, 0.717) is 6.54 Å². The summed E-state index contributed by atoms with van der Waals surface area (Å²) in [6.45, 7) is 8.14. The zero-order chi connectivity index (χ0) is 17.8. The Labute approximate surface area is 149 Å². The number of amides is 1. The lowest BCUT2D eigenvalue weighted by atomic mass is 10.00. The molecule has 0 saturated carbocycles. The quantitative estimate of drug-likeness (QED) is 0.572. The van der Waals surface area contributed by atoms with E-state index in [2.05, 4.69) is 62.0 Å². The molecule has 0 aliphatic carbocycles. The summed E-state index contributed by atoms with van der Waals surface area (Å²) in [5.74, 6) is 0.0437. The number of benzene rings is 3. The van der Waals surface area contributed by atoms with E-state index in [1.807, 2.05) is 23.1 Å². The van der Waals surface area contributed by atoms with Crippen molar-refractivity contribution in [1.29, 1.82) is 0 Å². The Morgan fingerprint density at radius 3 is 2.44 bits per heavy atom. The van der Waals surface area contributed by atoms with Crippen molar-refractivity contribution in [2.24, 2.45) is 0 Å². The molecule has 0 heterocycles. The monoisotopic (exact) mass is 329 g/mol. The molecule has 3 aromatic carbocycles. The van der Waals surface area contributed by atoms with Gasteiger partial charge in [-0.1, -0.05) is 72.3 Å². The summed E-state index contributed by atoms with van der Waals surface area (Å²) >= 11 is 0. The van der Waals surface area contributed by atoms with E-state index in [-0.39, 0.29) is 5.91 Å². The highest BCUT2D eigenvalue weighted by Gasteiger charge is 2.18. The zero-order valence-electron chi connectivity index (χ0n) is 14.8. The molecule has 25 heavy (non-hydrogen) atoms. The van der Waals surface area contributed by atoms with Gasteiger partial charge in [-0.3, -0.25) is 4.79 Å². The third-order valence-electron chi connectivity index (χ3n) is 4.46. The topological polar surface area (TPSA) is 20.3 Å². The lowest BCUT2D eigenvalue weighted by Gasteiger charge is -2.26. The lowest BCUT2D eigenvalue weighted by Crippen LogP contribution is -2.29. The van der Waals surface area contributed by atoms with Gasteiger partial charge < -0.3 is 4.90 Å². The standard InChI is InChI=1S/C23H23NO/c1-4-7-21-15-14-20-8-5-6-9-22(20)23(21)24(18(3)25)16-19-12-10-17(2)11-13-19/h4-6,8-15H,1,7,16H2,2-3H3. The third kappa shape index (κ3) is 3.63. The second kappa shape index (κ2) is 7.35. The first kappa shape index (κ1) is 17.0. The van der Waals surface area contributed by atoms with Crippen molar-refractivity contribution in [3.63, 3.8) is 0 Å². The van der Waals surface area contributed by atoms with E-state index in [1.54, 1.807) is 6.92 Å². The number of nitrogens with zero attached hydrogens (tertiary/aromatic N) is 1. The molecule has 0 radical (unpaired) electrons. The molecule has 0 bridgehead atoms. The SMILES string of the molecule is C=CCc1ccc2ccccc2c1N(Cc1ccc(C)cc1)C(C)=O. The molecular formula is C23H23NO. The molecule has 0 saturated heterocycles. The summed E-state index contributed by atoms with van der Waals surface area (Å²) in [5, 5.41) is 2.24. The molecule has 0 fully saturated rings. The van der Waals surface area contributed by atoms with Crippen LogP contribution in [0.4, 0.5) is 5.69 Å². The van der Waals surface area contributed by atoms with Crippen LogP contribution >= 0.6 is 0 Å². The molecule has 126 valence electrons. The largest absolute Gasteiger partial charge is 0.307 e. The highest BCUT2D eigenvalue weighted by molar-refractivity contribution is 6.04. The first-order valence-electron chi connectivity index (χ1n) is 8.55. The number of rotatable bonds is 5. The van der Waals surface area contributed by atoms with Gasteiger partial charge in [0.25, 0.3) is 0 Å². The van der Waals surface area contributed by atoms with Crippen LogP contribution in [0.15, 0.2) is 73.3 Å². The molecule has 0 unspecified atom stereocenters. The number of carbonyl (C=O) groups excluding carboxylic acids is 1. The minimum absolute atomic E-state index is 0.0437. The van der Waals surface area contributed by atoms with Crippen LogP contribution < -0.4 is 4.90 Å². The normalized spacial score (nSPS) is 10.6. The molecular weight excluding hydrogens is 306 g/mol. The molecule has 0 atom stereocenters. The van der Waals surface area contributed by atoms with Crippen LogP contribution in [0.25, 0.3) is 10.8 Å². The molecule has 1 amide bonds. The molecule has 0 N–H and O–H groups in total. The maximum absolute atomic E-state index is 12.5. The maximum atomic E-state index is 12.5. The molecule has 2 heteroatoms. The van der Waals surface area contributed by atoms with Crippen molar-refractivity contribution in [3.8, 4) is 0 Å². The van der Waals surface area contributed by atoms with Crippen LogP contribution in [-0.2, 0) is 17.8 Å². The first-order valence-corrected chi connectivity index (χ1v) is 8.55. The number of allylic oxidation sites excluding steroid dienone is 1. The van der Waals surface area contributed by atoms with Crippen LogP contribution in [0.5, 0.6) is 0 Å². The van der Waals surface area contributed by atoms with Crippen molar-refractivity contribution in [1.82, 2.24) is 0 Å². The predicted molar refractivity (Wildman–Crippen MR) is 106 cm³/mol. The summed E-state index contributed by atoms with van der Waals surface area (Å²) in [6.07, 6.45) is 2.62. The molecule has 0 aliphatic heterocycles. The molecule has 3 rings (SSSR count). The fourth-order valence-corrected chi connectivity index (χ4v) is 3.16. The average Bonchev–Trinajstić information content (AvgIpc) is 2.61. The number of hydrogen-bond acceptors (Lipinski definition) is 1. The van der Waals surface area contributed by atoms with Crippen LogP contribution in [0.2, 0.25) is 0 Å². The van der Waals surface area contributed by atoms with Crippen LogP contribution in [0.1, 0.15) is 23.6 Å². The van der Waals surface area contributed by atoms with Crippen molar-refractivity contribution < 1.29 is 4.79 Å². The Morgan fingerprint density at radius 2 is 1.76 bits per heavy atom. The highest BCUT2D eigenvalue weighted by Crippen LogP contribution is 2.33. The molecule has 0 aliphatic rings. The van der Waals surface area contributed by atoms with Crippen LogP contribution in [-0.4, -0.2) is 5.91 Å². The van der Waals surface area contributed by atoms with Gasteiger partial charge in [-0.15, -0.1) is 6.58 Å². The summed E-state index contributed by atoms with van der Waals surface area (Å²) in [5.41, 5.74) is 4.45. The van der Waals surface area contributed by atoms with Gasteiger partial charge in [-0.05, 0) is 29.9 Å². The Kier molecular flexibility index (Phi) is 4.99. The minimum Gasteiger partial charge on any atom is -0.307 e. The summed E-state index contributed by atoms with van der Waals surface area (Å²) < 4.78 is 0. The van der Waals surface area contributed by atoms with Gasteiger partial charge in [0.15, 0.2) is 0 Å². The smallest absolute Gasteiger partial charge is 0.224 e. The van der Waals surface area contributed by atoms with Crippen molar-refractivity contribution in [2.75, 3.05) is 4.90 Å². The number of fused-ring (bicyclic) bond motifs is 1. The van der Waals surface area contributed by atoms with Crippen molar-refractivity contribution >= 4 is 22.4 Å². The average molecular weight is 329 g/mol. The van der Waals surface area contributed by atoms with Crippen molar-refractivity contribution in [3.05, 3.63) is 90.0 Å². The summed E-state index contributed by atoms with van der Waals surface area (Å²) in [4.78, 5) is 14.4. The van der Waals surface area contributed by atoms with Gasteiger partial charge in [0, 0.05) is 12.3 Å². The Morgan fingerprint density at radius 1 is 1.04 bits per heavy atom. The van der Waals surface area contributed by atoms with Crippen molar-refractivity contribution in [2.45, 2.75) is 26.8 Å². The Bertz CT molecular complexity index is 909. The number of carbonyl (C=O) groups is 1. The number of hydrogen-bond donors (Lipinski definition) is 0. The molecule has 3 aromatic rings. The third-order valence-corrected chi connectivity index (χ3v) is 4.46. The van der Waals surface area contributed by atoms with E-state index in [4.69, 9.17) is 0 Å². The Balaban J connectivity index is 2.14. The predicted octanol–water partition coefficient (Wildman–Crippen LogP) is 5.43. The van der Waals surface area contributed by atoms with E-state index < -0.39 is 0 Å². The summed E-state index contributed by atoms with van der Waals surface area (Å²) in [7, 11) is 0. The number of anilines is 1. The van der Waals surface area contributed by atoms with Gasteiger partial charge in [-0.2, -0.15) is 0 Å². The zero-order valence-corrected chi connectivity index (χ0v) is 14.8. The Hall–Kier alpha value is -2.87. The second-order valence-corrected chi connectivity index (χ2v) is 6.38. The second-order valence-electron chi connectivity index (χ2n) is 6.38.